The van der Waals surface area contributed by atoms with Gasteiger partial charge in [-0.05, 0) is 224 Å². The lowest BCUT2D eigenvalue weighted by atomic mass is 9.84. The van der Waals surface area contributed by atoms with Crippen LogP contribution in [0, 0.1) is 47.6 Å². The van der Waals surface area contributed by atoms with Crippen LogP contribution in [0.2, 0.25) is 5.82 Å². The van der Waals surface area contributed by atoms with Crippen LogP contribution in [0.4, 0.5) is 72.3 Å². The van der Waals surface area contributed by atoms with Gasteiger partial charge in [0.2, 0.25) is 5.91 Å². The van der Waals surface area contributed by atoms with E-state index in [9.17, 15) is 95.8 Å². The third kappa shape index (κ3) is 26.2. The monoisotopic (exact) mass is 2350 g/mol. The lowest BCUT2D eigenvalue weighted by Crippen LogP contribution is -2.33. The number of carboxylic acids is 1. The van der Waals surface area contributed by atoms with Crippen molar-refractivity contribution in [3.05, 3.63) is 181 Å². The van der Waals surface area contributed by atoms with Crippen molar-refractivity contribution in [3.63, 3.8) is 0 Å². The van der Waals surface area contributed by atoms with Crippen molar-refractivity contribution in [2.24, 2.45) is 0 Å². The summed E-state index contributed by atoms with van der Waals surface area (Å²) < 4.78 is 212. The first-order chi connectivity index (χ1) is 62.3. The van der Waals surface area contributed by atoms with Gasteiger partial charge in [0, 0.05) is 54.0 Å². The van der Waals surface area contributed by atoms with E-state index >= 15 is 0 Å². The van der Waals surface area contributed by atoms with Crippen molar-refractivity contribution in [3.8, 4) is 46.0 Å². The molecule has 0 bridgehead atoms. The quantitative estimate of drug-likeness (QED) is 0.00668. The number of aromatic carboxylic acids is 1. The molecular weight excluding hydrogens is 2280 g/mol. The van der Waals surface area contributed by atoms with Crippen LogP contribution in [-0.2, 0) is 33.9 Å². The average molecular weight is 2360 g/mol. The van der Waals surface area contributed by atoms with Crippen LogP contribution < -0.4 is 71.1 Å². The normalized spacial score (nSPS) is 13.4. The van der Waals surface area contributed by atoms with E-state index < -0.39 is 105 Å². The predicted molar refractivity (Wildman–Crippen MR) is 492 cm³/mol. The molecule has 133 heavy (non-hydrogen) atoms. The number of methoxy groups -OCH3 is 10. The maximum atomic E-state index is 14.2. The molecular formula is C82H81BBr7F10N7O25S. The Labute approximate surface area is 809 Å². The van der Waals surface area contributed by atoms with Gasteiger partial charge < -0.3 is 108 Å². The molecule has 0 saturated heterocycles. The summed E-state index contributed by atoms with van der Waals surface area (Å²) in [4.78, 5) is 94.5. The van der Waals surface area contributed by atoms with Crippen LogP contribution in [0.25, 0.3) is 21.8 Å². The Bertz CT molecular complexity index is 6230. The number of carbonyl (C=O) groups is 6. The predicted octanol–water partition coefficient (Wildman–Crippen LogP) is 18.0. The molecule has 5 saturated carbocycles. The molecule has 0 unspecified atom stereocenters. The lowest BCUT2D eigenvalue weighted by Gasteiger charge is -2.26. The number of anilines is 5. The fraction of sp³-hybridized carbons (Fsp3) is 0.341. The number of nitrogens with one attached hydrogen (secondary N) is 1. The maximum absolute atomic E-state index is 14.2. The highest BCUT2D eigenvalue weighted by Crippen LogP contribution is 2.50. The van der Waals surface area contributed by atoms with E-state index in [0.29, 0.717) is 41.7 Å². The number of rotatable bonds is 20. The third-order valence-electron chi connectivity index (χ3n) is 19.4. The van der Waals surface area contributed by atoms with Crippen LogP contribution in [-0.4, -0.2) is 169 Å². The summed E-state index contributed by atoms with van der Waals surface area (Å²) >= 11 is 21.2. The molecule has 722 valence electrons. The standard InChI is InChI=1S/C14H10BrF4NO5S.C14H15BrFNO4.C13H11BrFNO3.C12H13BrFNO3.C9H9BrFNO3.C9H9BrFNO2.C8H7BrFNO3.C3H7BO2/c1-24-13-11(15)8(16)4-7-9(25-26(22,23)14(17,18)19)5-10(21)20(12(7)13)6-2-3-6;1-7(18)17(8-4-5-8)12-9(14(19)21-3)6-10(16)11(15)13(12)20-2;1-19-13-11(14)8(15)4-7-9(17)5-10(18)16(12(7)13)6-2-3-6;1-17-11-9(13)8(14)5-7(12(16)18-2)10(11)15-6-3-4-6;1-14-8-6(10)5(11)3-4(7(8)12)9(13)15-2;1-4-7(10)6(11)3-5(8(4)12)9(13)14-2;1-14-7-5(9)4(10)2-3(6(7)11)8(12)13;5-4(6)3-1-2-3/h4-6H,2-3H2,1H3;6,8H,4-5H2,1-3H3;4-6,17H,2-3H2,1H3;5-6,15H,3-4H2,1-2H3;3H,12H2,1-2H3;3H,12H2,1-2H3;2H,11H2,1H3,(H,12,13);3,5-6H,1-2H2. The van der Waals surface area contributed by atoms with Gasteiger partial charge in [-0.25, -0.2) is 54.7 Å². The Morgan fingerprint density at radius 2 is 0.812 bits per heavy atom. The van der Waals surface area contributed by atoms with Crippen molar-refractivity contribution in [1.29, 1.82) is 0 Å². The van der Waals surface area contributed by atoms with Crippen LogP contribution in [0.15, 0.2) is 95.5 Å². The highest BCUT2D eigenvalue weighted by molar-refractivity contribution is 9.11. The second-order valence-corrected chi connectivity index (χ2v) is 35.6. The third-order valence-corrected chi connectivity index (χ3v) is 25.8. The molecule has 2 heterocycles. The van der Waals surface area contributed by atoms with E-state index in [4.69, 9.17) is 60.8 Å². The zero-order chi connectivity index (χ0) is 100. The molecule has 5 aliphatic carbocycles. The molecule has 9 aromatic rings. The number of halogens is 17. The minimum Gasteiger partial charge on any atom is -0.507 e. The van der Waals surface area contributed by atoms with Gasteiger partial charge >= 0.3 is 52.6 Å². The van der Waals surface area contributed by atoms with E-state index in [1.807, 2.05) is 0 Å². The topological polar surface area (TPSA) is 456 Å². The van der Waals surface area contributed by atoms with Crippen molar-refractivity contribution in [1.82, 2.24) is 9.13 Å². The van der Waals surface area contributed by atoms with Crippen LogP contribution in [0.1, 0.15) is 141 Å². The zero-order valence-corrected chi connectivity index (χ0v) is 83.4. The van der Waals surface area contributed by atoms with Crippen molar-refractivity contribution >= 4 is 215 Å². The molecule has 5 fully saturated rings. The molecule has 1 amide bonds. The molecule has 0 radical (unpaired) electrons. The molecule has 7 aromatic carbocycles. The Balaban J connectivity index is 0.000000211. The molecule has 11 N–H and O–H groups in total. The van der Waals surface area contributed by atoms with E-state index in [1.165, 1.54) is 93.6 Å². The molecule has 51 heteroatoms. The molecule has 0 spiro atoms. The fourth-order valence-electron chi connectivity index (χ4n) is 12.2. The number of esters is 4. The minimum atomic E-state index is -6.04. The first-order valence-electron chi connectivity index (χ1n) is 38.2. The Morgan fingerprint density at radius 3 is 1.19 bits per heavy atom. The number of pyridine rings is 2. The first-order valence-corrected chi connectivity index (χ1v) is 45.2. The number of aromatic hydroxyl groups is 1. The fourth-order valence-corrected chi connectivity index (χ4v) is 15.8. The first kappa shape index (κ1) is 110. The number of amides is 1. The lowest BCUT2D eigenvalue weighted by molar-refractivity contribution is -0.116. The van der Waals surface area contributed by atoms with Crippen LogP contribution in [0.3, 0.4) is 0 Å². The number of fused-ring (bicyclic) bond motifs is 2. The molecule has 0 atom stereocenters. The van der Waals surface area contributed by atoms with E-state index in [0.717, 1.165) is 93.8 Å². The van der Waals surface area contributed by atoms with Gasteiger partial charge in [0.1, 0.15) is 52.2 Å². The summed E-state index contributed by atoms with van der Waals surface area (Å²) in [5.41, 5.74) is 11.4. The number of ether oxygens (including phenoxy) is 10. The second-order valence-electron chi connectivity index (χ2n) is 28.5. The molecule has 32 nitrogen and oxygen atoms in total. The van der Waals surface area contributed by atoms with Crippen molar-refractivity contribution in [2.75, 3.05) is 98.5 Å². The smallest absolute Gasteiger partial charge is 0.507 e. The van der Waals surface area contributed by atoms with Gasteiger partial charge in [0.25, 0.3) is 11.1 Å². The van der Waals surface area contributed by atoms with E-state index in [-0.39, 0.29) is 174 Å². The number of aromatic nitrogens is 2. The highest BCUT2D eigenvalue weighted by Gasteiger charge is 2.49. The Morgan fingerprint density at radius 1 is 0.466 bits per heavy atom. The number of hydrogen-bond acceptors (Lipinski definition) is 28. The van der Waals surface area contributed by atoms with Gasteiger partial charge in [-0.15, -0.1) is 0 Å². The number of nitrogens with two attached hydrogens (primary N) is 3. The summed E-state index contributed by atoms with van der Waals surface area (Å²) in [6, 6.07) is 8.93. The Kier molecular flexibility index (Phi) is 38.8. The number of hydrogen-bond donors (Lipinski definition) is 8. The summed E-state index contributed by atoms with van der Waals surface area (Å²) in [5.74, 6) is -9.20. The number of alkyl halides is 3. The summed E-state index contributed by atoms with van der Waals surface area (Å²) in [7, 11) is 5.77. The second kappa shape index (κ2) is 47.0. The van der Waals surface area contributed by atoms with Gasteiger partial charge in [-0.2, -0.15) is 21.6 Å². The summed E-state index contributed by atoms with van der Waals surface area (Å²) in [6.07, 6.45) is 8.78. The van der Waals surface area contributed by atoms with Crippen LogP contribution >= 0.6 is 112 Å². The molecule has 14 rings (SSSR count). The average Bonchev–Trinajstić information content (AvgIpc) is 1.53. The van der Waals surface area contributed by atoms with Gasteiger partial charge in [-0.1, -0.05) is 12.8 Å². The highest BCUT2D eigenvalue weighted by atomic mass is 79.9. The molecule has 5 aliphatic rings. The maximum Gasteiger partial charge on any atom is 0.534 e. The van der Waals surface area contributed by atoms with Crippen LogP contribution in [0.5, 0.6) is 46.0 Å². The van der Waals surface area contributed by atoms with Crippen molar-refractivity contribution < 1.29 is 153 Å². The number of carbonyl (C=O) groups excluding carboxylic acids is 5. The van der Waals surface area contributed by atoms with Gasteiger partial charge in [0.05, 0.1) is 164 Å². The van der Waals surface area contributed by atoms with E-state index in [1.54, 1.807) is 11.5 Å². The number of nitrogen functional groups attached to an aromatic ring is 3. The summed E-state index contributed by atoms with van der Waals surface area (Å²) in [5, 5.41) is 38.2. The number of benzene rings is 7. The Hall–Kier alpha value is -10.0. The number of nitrogens with zero attached hydrogens (tertiary/aromatic N) is 3. The van der Waals surface area contributed by atoms with Crippen molar-refractivity contribution in [2.45, 2.75) is 114 Å². The summed E-state index contributed by atoms with van der Waals surface area (Å²) in [6.45, 7) is 3.02. The number of carboxylic acid groups (broad SMARTS) is 1. The van der Waals surface area contributed by atoms with Gasteiger partial charge in [0.15, 0.2) is 40.2 Å². The molecule has 0 aliphatic heterocycles. The van der Waals surface area contributed by atoms with E-state index in [2.05, 4.69) is 140 Å². The minimum absolute atomic E-state index is 0.00262. The molecule has 2 aromatic heterocycles. The zero-order valence-electron chi connectivity index (χ0n) is 71.5. The SMILES string of the molecule is COC(=O)c1cc(F)c(Br)c(C)c1N.COC(=O)c1cc(F)c(Br)c(OC)c1N.COC(=O)c1cc(F)c(Br)c(OC)c1N(C(C)=O)C1CC1.COC(=O)c1cc(F)c(Br)c(OC)c1NC1CC1.COc1c(Br)c(F)cc2c(O)cc(=O)n(C3CC3)c12.COc1c(Br)c(F)cc2c(OS(=O)(=O)C(F)(F)F)cc(=O)n(C3CC3)c12.COc1c(N)c(C(=O)O)cc(F)c1Br.OB(O)C1CC1. The van der Waals surface area contributed by atoms with Gasteiger partial charge in [-0.3, -0.25) is 14.4 Å². The largest absolute Gasteiger partial charge is 0.534 e.